The highest BCUT2D eigenvalue weighted by atomic mass is 32.2. The van der Waals surface area contributed by atoms with E-state index in [1.54, 1.807) is 18.2 Å². The number of hydrogen-bond acceptors (Lipinski definition) is 3. The lowest BCUT2D eigenvalue weighted by atomic mass is 9.48. The predicted octanol–water partition coefficient (Wildman–Crippen LogP) is 3.07. The molecule has 1 aromatic rings. The minimum Gasteiger partial charge on any atom is -0.350 e. The zero-order chi connectivity index (χ0) is 19.2. The Kier molecular flexibility index (Phi) is 4.67. The molecule has 5 nitrogen and oxygen atoms in total. The molecule has 1 amide bonds. The summed E-state index contributed by atoms with van der Waals surface area (Å²) in [5.74, 6) is 2.50. The molecule has 0 spiro atoms. The highest BCUT2D eigenvalue weighted by molar-refractivity contribution is 7.89. The smallest absolute Gasteiger partial charge is 0.244 e. The van der Waals surface area contributed by atoms with Crippen LogP contribution < -0.4 is 10.5 Å². The van der Waals surface area contributed by atoms with Gasteiger partial charge in [0.2, 0.25) is 15.9 Å². The van der Waals surface area contributed by atoms with Gasteiger partial charge in [0.15, 0.2) is 0 Å². The third-order valence-corrected chi connectivity index (χ3v) is 7.93. The molecule has 0 saturated heterocycles. The molecule has 0 unspecified atom stereocenters. The monoisotopic (exact) mass is 388 g/mol. The van der Waals surface area contributed by atoms with Gasteiger partial charge in [0.25, 0.3) is 0 Å². The van der Waals surface area contributed by atoms with Gasteiger partial charge in [-0.05, 0) is 92.4 Å². The van der Waals surface area contributed by atoms with E-state index in [2.05, 4.69) is 12.2 Å². The normalized spacial score (nSPS) is 33.3. The fourth-order valence-corrected chi connectivity index (χ4v) is 6.58. The van der Waals surface area contributed by atoms with Crippen molar-refractivity contribution in [3.8, 4) is 0 Å². The van der Waals surface area contributed by atoms with Crippen molar-refractivity contribution in [3.63, 3.8) is 0 Å². The first-order chi connectivity index (χ1) is 12.7. The third-order valence-electron chi connectivity index (χ3n) is 7.00. The molecule has 0 radical (unpaired) electrons. The van der Waals surface area contributed by atoms with E-state index >= 15 is 0 Å². The molecule has 4 saturated carbocycles. The van der Waals surface area contributed by atoms with Gasteiger partial charge in [-0.1, -0.05) is 12.1 Å². The van der Waals surface area contributed by atoms with E-state index in [1.807, 2.05) is 0 Å². The Hall–Kier alpha value is -1.66. The minimum atomic E-state index is -3.69. The van der Waals surface area contributed by atoms with Crippen LogP contribution in [0.4, 0.5) is 0 Å². The molecule has 1 aromatic carbocycles. The number of primary sulfonamides is 1. The van der Waals surface area contributed by atoms with Gasteiger partial charge in [0, 0.05) is 12.1 Å². The van der Waals surface area contributed by atoms with E-state index in [4.69, 9.17) is 5.14 Å². The highest BCUT2D eigenvalue weighted by Crippen LogP contribution is 2.61. The maximum absolute atomic E-state index is 12.4. The van der Waals surface area contributed by atoms with Gasteiger partial charge in [0.1, 0.15) is 0 Å². The Morgan fingerprint density at radius 1 is 1.11 bits per heavy atom. The first-order valence-corrected chi connectivity index (χ1v) is 11.4. The number of nitrogens with one attached hydrogen (secondary N) is 1. The SMILES string of the molecule is C[C@@H](NC(=O)/C=C/c1ccc(S(N)(=O)=O)cc1)C12CC3CC(CC(C3)C1)C2. The molecule has 0 heterocycles. The number of sulfonamides is 1. The molecule has 5 rings (SSSR count). The molecular formula is C21H28N2O3S. The highest BCUT2D eigenvalue weighted by Gasteiger charge is 2.53. The number of amides is 1. The van der Waals surface area contributed by atoms with Gasteiger partial charge in [-0.2, -0.15) is 0 Å². The maximum Gasteiger partial charge on any atom is 0.244 e. The average Bonchev–Trinajstić information content (AvgIpc) is 2.58. The molecule has 4 aliphatic rings. The second-order valence-electron chi connectivity index (χ2n) is 8.96. The number of rotatable bonds is 5. The number of carbonyl (C=O) groups excluding carboxylic acids is 1. The van der Waals surface area contributed by atoms with Gasteiger partial charge in [-0.25, -0.2) is 13.6 Å². The lowest BCUT2D eigenvalue weighted by Crippen LogP contribution is -2.55. The van der Waals surface area contributed by atoms with Crippen LogP contribution in [0.1, 0.15) is 51.0 Å². The summed E-state index contributed by atoms with van der Waals surface area (Å²) in [6.07, 6.45) is 11.2. The first-order valence-electron chi connectivity index (χ1n) is 9.85. The van der Waals surface area contributed by atoms with E-state index in [0.717, 1.165) is 23.3 Å². The third kappa shape index (κ3) is 3.83. The number of benzene rings is 1. The van der Waals surface area contributed by atoms with Crippen molar-refractivity contribution in [1.29, 1.82) is 0 Å². The van der Waals surface area contributed by atoms with Crippen LogP contribution in [-0.4, -0.2) is 20.4 Å². The molecule has 27 heavy (non-hydrogen) atoms. The van der Waals surface area contributed by atoms with Crippen molar-refractivity contribution in [2.75, 3.05) is 0 Å². The first kappa shape index (κ1) is 18.7. The molecule has 4 aliphatic carbocycles. The molecule has 3 N–H and O–H groups in total. The molecule has 4 bridgehead atoms. The van der Waals surface area contributed by atoms with E-state index in [1.165, 1.54) is 56.7 Å². The van der Waals surface area contributed by atoms with Crippen LogP contribution in [0.25, 0.3) is 6.08 Å². The zero-order valence-corrected chi connectivity index (χ0v) is 16.5. The van der Waals surface area contributed by atoms with E-state index in [-0.39, 0.29) is 22.3 Å². The van der Waals surface area contributed by atoms with Crippen molar-refractivity contribution in [2.45, 2.75) is 56.4 Å². The Bertz CT molecular complexity index is 823. The molecule has 4 fully saturated rings. The summed E-state index contributed by atoms with van der Waals surface area (Å²) in [5.41, 5.74) is 1.05. The predicted molar refractivity (Wildman–Crippen MR) is 105 cm³/mol. The number of hydrogen-bond donors (Lipinski definition) is 2. The molecule has 1 atom stereocenters. The lowest BCUT2D eigenvalue weighted by molar-refractivity contribution is -0.121. The van der Waals surface area contributed by atoms with E-state index in [9.17, 15) is 13.2 Å². The number of carbonyl (C=O) groups is 1. The van der Waals surface area contributed by atoms with Crippen LogP contribution in [0, 0.1) is 23.2 Å². The second kappa shape index (κ2) is 6.74. The van der Waals surface area contributed by atoms with Crippen LogP contribution in [-0.2, 0) is 14.8 Å². The molecular weight excluding hydrogens is 360 g/mol. The summed E-state index contributed by atoms with van der Waals surface area (Å²) in [6, 6.07) is 6.38. The van der Waals surface area contributed by atoms with Crippen LogP contribution in [0.2, 0.25) is 0 Å². The standard InChI is InChI=1S/C21H28N2O3S/c1-14(21-11-16-8-17(12-21)10-18(9-16)13-21)23-20(24)7-4-15-2-5-19(6-3-15)27(22,25)26/h2-7,14,16-18H,8-13H2,1H3,(H,23,24)(H2,22,25,26)/b7-4+/t14-,16?,17?,18?,21?/m1/s1. The van der Waals surface area contributed by atoms with Crippen LogP contribution >= 0.6 is 0 Å². The molecule has 0 aliphatic heterocycles. The van der Waals surface area contributed by atoms with Gasteiger partial charge in [-0.3, -0.25) is 4.79 Å². The lowest BCUT2D eigenvalue weighted by Gasteiger charge is -2.59. The van der Waals surface area contributed by atoms with E-state index in [0.29, 0.717) is 0 Å². The van der Waals surface area contributed by atoms with Gasteiger partial charge in [-0.15, -0.1) is 0 Å². The van der Waals surface area contributed by atoms with Crippen LogP contribution in [0.15, 0.2) is 35.2 Å². The summed E-state index contributed by atoms with van der Waals surface area (Å²) in [7, 11) is -3.69. The quantitative estimate of drug-likeness (QED) is 0.760. The van der Waals surface area contributed by atoms with Crippen molar-refractivity contribution in [3.05, 3.63) is 35.9 Å². The zero-order valence-electron chi connectivity index (χ0n) is 15.7. The Morgan fingerprint density at radius 2 is 1.63 bits per heavy atom. The van der Waals surface area contributed by atoms with Crippen LogP contribution in [0.3, 0.4) is 0 Å². The summed E-state index contributed by atoms with van der Waals surface area (Å²) >= 11 is 0. The molecule has 0 aromatic heterocycles. The topological polar surface area (TPSA) is 89.3 Å². The van der Waals surface area contributed by atoms with Crippen molar-refractivity contribution >= 4 is 22.0 Å². The number of nitrogens with two attached hydrogens (primary N) is 1. The summed E-state index contributed by atoms with van der Waals surface area (Å²) in [6.45, 7) is 2.17. The molecule has 146 valence electrons. The van der Waals surface area contributed by atoms with Crippen molar-refractivity contribution in [1.82, 2.24) is 5.32 Å². The van der Waals surface area contributed by atoms with Gasteiger partial charge >= 0.3 is 0 Å². The maximum atomic E-state index is 12.4. The minimum absolute atomic E-state index is 0.0690. The largest absolute Gasteiger partial charge is 0.350 e. The molecule has 6 heteroatoms. The second-order valence-corrected chi connectivity index (χ2v) is 10.5. The fourth-order valence-electron chi connectivity index (χ4n) is 6.06. The Morgan fingerprint density at radius 3 is 2.11 bits per heavy atom. The van der Waals surface area contributed by atoms with Gasteiger partial charge in [0.05, 0.1) is 4.90 Å². The van der Waals surface area contributed by atoms with E-state index < -0.39 is 10.0 Å². The van der Waals surface area contributed by atoms with Gasteiger partial charge < -0.3 is 5.32 Å². The Labute approximate surface area is 161 Å². The van der Waals surface area contributed by atoms with Crippen LogP contribution in [0.5, 0.6) is 0 Å². The summed E-state index contributed by atoms with van der Waals surface area (Å²) < 4.78 is 22.6. The Balaban J connectivity index is 1.38. The summed E-state index contributed by atoms with van der Waals surface area (Å²) in [5, 5.41) is 8.30. The summed E-state index contributed by atoms with van der Waals surface area (Å²) in [4.78, 5) is 12.5. The average molecular weight is 389 g/mol. The van der Waals surface area contributed by atoms with Crippen molar-refractivity contribution < 1.29 is 13.2 Å². The fraction of sp³-hybridized carbons (Fsp3) is 0.571. The van der Waals surface area contributed by atoms with Crippen molar-refractivity contribution in [2.24, 2.45) is 28.3 Å².